The lowest BCUT2D eigenvalue weighted by Gasteiger charge is -2.35. The molecule has 0 N–H and O–H groups in total. The second kappa shape index (κ2) is 8.98. The van der Waals surface area contributed by atoms with Gasteiger partial charge in [0.2, 0.25) is 0 Å². The average Bonchev–Trinajstić information content (AvgIpc) is 3.28. The fraction of sp³-hybridized carbons (Fsp3) is 0.500. The summed E-state index contributed by atoms with van der Waals surface area (Å²) in [6.45, 7) is 6.53. The number of likely N-dealkylation sites (N-methyl/N-ethyl adjacent to an activating group) is 1. The van der Waals surface area contributed by atoms with Crippen LogP contribution in [0, 0.1) is 0 Å². The van der Waals surface area contributed by atoms with Crippen molar-refractivity contribution in [2.75, 3.05) is 26.7 Å². The summed E-state index contributed by atoms with van der Waals surface area (Å²) in [6.07, 6.45) is 6.63. The Morgan fingerprint density at radius 2 is 2.00 bits per heavy atom. The summed E-state index contributed by atoms with van der Waals surface area (Å²) in [6, 6.07) is 3.65. The van der Waals surface area contributed by atoms with Gasteiger partial charge < -0.3 is 18.9 Å². The van der Waals surface area contributed by atoms with E-state index in [1.54, 1.807) is 6.07 Å². The maximum atomic E-state index is 13.5. The van der Waals surface area contributed by atoms with E-state index < -0.39 is 0 Å². The van der Waals surface area contributed by atoms with Crippen molar-refractivity contribution in [3.8, 4) is 0 Å². The van der Waals surface area contributed by atoms with Crippen molar-refractivity contribution < 1.29 is 9.53 Å². The van der Waals surface area contributed by atoms with Crippen LogP contribution < -0.4 is 0 Å². The van der Waals surface area contributed by atoms with Crippen LogP contribution in [0.2, 0.25) is 5.02 Å². The molecular formula is C22H29ClN6O2. The second-order valence-corrected chi connectivity index (χ2v) is 8.90. The highest BCUT2D eigenvalue weighted by atomic mass is 35.5. The molecule has 3 aromatic heterocycles. The largest absolute Gasteiger partial charge is 0.372 e. The van der Waals surface area contributed by atoms with Gasteiger partial charge in [0.1, 0.15) is 5.65 Å². The van der Waals surface area contributed by atoms with Crippen LogP contribution in [0.5, 0.6) is 0 Å². The van der Waals surface area contributed by atoms with Crippen molar-refractivity contribution in [3.63, 3.8) is 0 Å². The highest BCUT2D eigenvalue weighted by molar-refractivity contribution is 6.30. The zero-order chi connectivity index (χ0) is 22.1. The number of nitrogens with zero attached hydrogens (tertiary/aromatic N) is 6. The van der Waals surface area contributed by atoms with Crippen molar-refractivity contribution in [3.05, 3.63) is 52.7 Å². The van der Waals surface area contributed by atoms with Crippen LogP contribution in [0.15, 0.2) is 30.7 Å². The predicted molar refractivity (Wildman–Crippen MR) is 119 cm³/mol. The number of halogens is 1. The highest BCUT2D eigenvalue weighted by Gasteiger charge is 2.30. The third-order valence-electron chi connectivity index (χ3n) is 5.55. The van der Waals surface area contributed by atoms with Gasteiger partial charge in [0, 0.05) is 45.6 Å². The van der Waals surface area contributed by atoms with Crippen LogP contribution in [-0.2, 0) is 24.8 Å². The number of fused-ring (bicyclic) bond motifs is 1. The molecule has 0 aromatic carbocycles. The number of hydrogen-bond acceptors (Lipinski definition) is 5. The topological polar surface area (TPSA) is 67.9 Å². The number of rotatable bonds is 6. The fourth-order valence-corrected chi connectivity index (χ4v) is 4.30. The van der Waals surface area contributed by atoms with E-state index in [2.05, 4.69) is 15.0 Å². The summed E-state index contributed by atoms with van der Waals surface area (Å²) in [5, 5.41) is 4.84. The van der Waals surface area contributed by atoms with Gasteiger partial charge in [0.15, 0.2) is 5.69 Å². The molecule has 0 aliphatic carbocycles. The maximum Gasteiger partial charge on any atom is 0.274 e. The van der Waals surface area contributed by atoms with Crippen molar-refractivity contribution in [2.45, 2.75) is 39.0 Å². The second-order valence-electron chi connectivity index (χ2n) is 8.46. The maximum absolute atomic E-state index is 13.5. The molecule has 1 aliphatic rings. The molecule has 0 radical (unpaired) electrons. The first-order chi connectivity index (χ1) is 14.8. The van der Waals surface area contributed by atoms with Crippen molar-refractivity contribution in [1.82, 2.24) is 29.0 Å². The Morgan fingerprint density at radius 3 is 2.68 bits per heavy atom. The summed E-state index contributed by atoms with van der Waals surface area (Å²) in [5.74, 6) is -0.0579. The average molecular weight is 445 g/mol. The highest BCUT2D eigenvalue weighted by Crippen LogP contribution is 2.21. The van der Waals surface area contributed by atoms with Gasteiger partial charge in [-0.05, 0) is 45.0 Å². The number of aryl methyl sites for hydroxylation is 1. The number of carbonyl (C=O) groups is 1. The molecule has 4 rings (SSSR count). The first-order valence-corrected chi connectivity index (χ1v) is 10.9. The number of hydrogen-bond donors (Lipinski definition) is 0. The molecule has 0 bridgehead atoms. The SMILES string of the molecule is C[C@@H]1CN(C(=O)c2nc3ccc(Cl)cn3c2CN(C)CCc2cnn(C)c2)C[C@H](C)O1. The molecule has 1 amide bonds. The van der Waals surface area contributed by atoms with E-state index in [9.17, 15) is 4.79 Å². The zero-order valence-electron chi connectivity index (χ0n) is 18.5. The molecule has 8 nitrogen and oxygen atoms in total. The molecule has 1 aliphatic heterocycles. The van der Waals surface area contributed by atoms with Crippen LogP contribution in [0.1, 0.15) is 35.6 Å². The van der Waals surface area contributed by atoms with Crippen LogP contribution in [0.25, 0.3) is 5.65 Å². The third-order valence-corrected chi connectivity index (χ3v) is 5.77. The molecule has 1 fully saturated rings. The Bertz CT molecular complexity index is 1070. The number of ether oxygens (including phenoxy) is 1. The number of imidazole rings is 1. The number of pyridine rings is 1. The minimum Gasteiger partial charge on any atom is -0.372 e. The standard InChI is InChI=1S/C22H29ClN6O2/c1-15-10-28(11-16(2)31-15)22(30)21-19(29-13-18(23)5-6-20(29)25-21)14-26(3)8-7-17-9-24-27(4)12-17/h5-6,9,12-13,15-16H,7-8,10-11,14H2,1-4H3/t15-,16+. The minimum absolute atomic E-state index is 0.00443. The number of carbonyl (C=O) groups excluding carboxylic acids is 1. The summed E-state index contributed by atoms with van der Waals surface area (Å²) < 4.78 is 9.54. The molecule has 31 heavy (non-hydrogen) atoms. The molecule has 3 aromatic rings. The Labute approximate surface area is 187 Å². The molecule has 4 heterocycles. The molecule has 0 saturated carbocycles. The van der Waals surface area contributed by atoms with E-state index in [1.165, 1.54) is 5.56 Å². The van der Waals surface area contributed by atoms with Gasteiger partial charge in [0.05, 0.1) is 29.1 Å². The summed E-state index contributed by atoms with van der Waals surface area (Å²) in [7, 11) is 3.97. The van der Waals surface area contributed by atoms with Gasteiger partial charge in [-0.15, -0.1) is 0 Å². The number of amides is 1. The Morgan fingerprint density at radius 1 is 1.26 bits per heavy atom. The van der Waals surface area contributed by atoms with Gasteiger partial charge in [-0.1, -0.05) is 11.6 Å². The Balaban J connectivity index is 1.59. The van der Waals surface area contributed by atoms with E-state index in [4.69, 9.17) is 16.3 Å². The van der Waals surface area contributed by atoms with Crippen LogP contribution in [0.4, 0.5) is 0 Å². The van der Waals surface area contributed by atoms with Crippen LogP contribution in [0.3, 0.4) is 0 Å². The molecule has 1 saturated heterocycles. The lowest BCUT2D eigenvalue weighted by molar-refractivity contribution is -0.0587. The van der Waals surface area contributed by atoms with E-state index in [1.807, 2.05) is 66.6 Å². The van der Waals surface area contributed by atoms with Gasteiger partial charge in [-0.2, -0.15) is 5.10 Å². The van der Waals surface area contributed by atoms with Gasteiger partial charge >= 0.3 is 0 Å². The van der Waals surface area contributed by atoms with Crippen LogP contribution in [-0.4, -0.2) is 73.8 Å². The molecule has 0 spiro atoms. The minimum atomic E-state index is -0.0579. The number of morpholine rings is 1. The van der Waals surface area contributed by atoms with Crippen molar-refractivity contribution in [2.24, 2.45) is 7.05 Å². The van der Waals surface area contributed by atoms with Crippen molar-refractivity contribution in [1.29, 1.82) is 0 Å². The zero-order valence-corrected chi connectivity index (χ0v) is 19.2. The Kier molecular flexibility index (Phi) is 6.31. The first kappa shape index (κ1) is 21.8. The van der Waals surface area contributed by atoms with Gasteiger partial charge in [-0.3, -0.25) is 9.48 Å². The van der Waals surface area contributed by atoms with E-state index in [0.717, 1.165) is 24.3 Å². The Hall–Kier alpha value is -2.42. The monoisotopic (exact) mass is 444 g/mol. The van der Waals surface area contributed by atoms with Crippen LogP contribution >= 0.6 is 11.6 Å². The summed E-state index contributed by atoms with van der Waals surface area (Å²) in [5.41, 5.74) is 3.24. The fourth-order valence-electron chi connectivity index (χ4n) is 4.14. The van der Waals surface area contributed by atoms with E-state index >= 15 is 0 Å². The van der Waals surface area contributed by atoms with Crippen molar-refractivity contribution >= 4 is 23.2 Å². The molecule has 166 valence electrons. The van der Waals surface area contributed by atoms with E-state index in [-0.39, 0.29) is 18.1 Å². The quantitative estimate of drug-likeness (QED) is 0.584. The lowest BCUT2D eigenvalue weighted by atomic mass is 10.2. The summed E-state index contributed by atoms with van der Waals surface area (Å²) in [4.78, 5) is 22.2. The smallest absolute Gasteiger partial charge is 0.274 e. The van der Waals surface area contributed by atoms with E-state index in [0.29, 0.717) is 30.4 Å². The molecule has 0 unspecified atom stereocenters. The number of aromatic nitrogens is 4. The summed E-state index contributed by atoms with van der Waals surface area (Å²) >= 11 is 6.26. The molecule has 9 heteroatoms. The lowest BCUT2D eigenvalue weighted by Crippen LogP contribution is -2.48. The normalized spacial score (nSPS) is 19.5. The molecule has 2 atom stereocenters. The third kappa shape index (κ3) is 4.92. The predicted octanol–water partition coefficient (Wildman–Crippen LogP) is 2.65. The first-order valence-electron chi connectivity index (χ1n) is 10.6. The molecular weight excluding hydrogens is 416 g/mol. The van der Waals surface area contributed by atoms with Gasteiger partial charge in [-0.25, -0.2) is 4.98 Å². The van der Waals surface area contributed by atoms with Gasteiger partial charge in [0.25, 0.3) is 5.91 Å².